The van der Waals surface area contributed by atoms with Gasteiger partial charge in [-0.3, -0.25) is 4.79 Å². The summed E-state index contributed by atoms with van der Waals surface area (Å²) in [6.07, 6.45) is 0. The number of hydrogen-bond acceptors (Lipinski definition) is 2. The van der Waals surface area contributed by atoms with Gasteiger partial charge >= 0.3 is 5.97 Å². The molecular weight excluding hydrogens is 300 g/mol. The van der Waals surface area contributed by atoms with Crippen molar-refractivity contribution in [3.63, 3.8) is 0 Å². The van der Waals surface area contributed by atoms with Crippen LogP contribution >= 0.6 is 31.9 Å². The fourth-order valence-electron chi connectivity index (χ4n) is 1.24. The maximum Gasteiger partial charge on any atom is 0.326 e. The lowest BCUT2D eigenvalue weighted by atomic mass is 10.1. The molecule has 0 amide bonds. The summed E-state index contributed by atoms with van der Waals surface area (Å²) < 4.78 is 5.10. The van der Waals surface area contributed by atoms with Crippen molar-refractivity contribution >= 4 is 37.8 Å². The highest BCUT2D eigenvalue weighted by molar-refractivity contribution is 9.12. The van der Waals surface area contributed by atoms with Gasteiger partial charge in [0.1, 0.15) is 10.6 Å². The summed E-state index contributed by atoms with van der Waals surface area (Å²) in [6.45, 7) is 0. The fraction of sp³-hybridized carbons (Fsp3) is 0.222. The molecule has 68 valence electrons. The molecule has 1 aromatic carbocycles. The Morgan fingerprint density at radius 1 is 1.15 bits per heavy atom. The van der Waals surface area contributed by atoms with Crippen molar-refractivity contribution in [2.45, 2.75) is 9.65 Å². The average molecular weight is 306 g/mol. The third-order valence-corrected chi connectivity index (χ3v) is 4.54. The van der Waals surface area contributed by atoms with Gasteiger partial charge in [0.15, 0.2) is 0 Å². The molecule has 0 N–H and O–H groups in total. The van der Waals surface area contributed by atoms with E-state index in [1.807, 2.05) is 18.2 Å². The highest BCUT2D eigenvalue weighted by Crippen LogP contribution is 2.40. The molecule has 13 heavy (non-hydrogen) atoms. The van der Waals surface area contributed by atoms with Crippen LogP contribution in [0, 0.1) is 0 Å². The normalized spacial score (nSPS) is 26.5. The van der Waals surface area contributed by atoms with E-state index in [1.54, 1.807) is 6.07 Å². The SMILES string of the molecule is O=C1Oc2ccccc2[C@H](Br)[C@H]1Br. The van der Waals surface area contributed by atoms with Crippen LogP contribution in [0.2, 0.25) is 0 Å². The summed E-state index contributed by atoms with van der Waals surface area (Å²) in [6, 6.07) is 7.50. The first-order valence-corrected chi connectivity index (χ1v) is 5.62. The Morgan fingerprint density at radius 3 is 2.62 bits per heavy atom. The molecule has 0 spiro atoms. The lowest BCUT2D eigenvalue weighted by Gasteiger charge is -2.24. The third-order valence-electron chi connectivity index (χ3n) is 1.91. The second-order valence-electron chi connectivity index (χ2n) is 2.76. The van der Waals surface area contributed by atoms with Gasteiger partial charge in [-0.2, -0.15) is 0 Å². The molecule has 0 saturated carbocycles. The maximum absolute atomic E-state index is 11.3. The molecule has 1 heterocycles. The Bertz CT molecular complexity index is 351. The molecule has 4 heteroatoms. The van der Waals surface area contributed by atoms with Crippen LogP contribution in [0.3, 0.4) is 0 Å². The molecule has 0 saturated heterocycles. The Labute approximate surface area is 92.5 Å². The van der Waals surface area contributed by atoms with Gasteiger partial charge in [0.25, 0.3) is 0 Å². The molecule has 0 unspecified atom stereocenters. The van der Waals surface area contributed by atoms with E-state index in [1.165, 1.54) is 0 Å². The smallest absolute Gasteiger partial charge is 0.326 e. The zero-order valence-corrected chi connectivity index (χ0v) is 9.71. The molecule has 2 atom stereocenters. The van der Waals surface area contributed by atoms with Crippen molar-refractivity contribution in [1.29, 1.82) is 0 Å². The van der Waals surface area contributed by atoms with Crippen LogP contribution < -0.4 is 4.74 Å². The molecule has 1 aliphatic heterocycles. The van der Waals surface area contributed by atoms with Crippen LogP contribution in [0.15, 0.2) is 24.3 Å². The molecule has 0 aromatic heterocycles. The third kappa shape index (κ3) is 1.53. The predicted molar refractivity (Wildman–Crippen MR) is 56.5 cm³/mol. The van der Waals surface area contributed by atoms with Gasteiger partial charge < -0.3 is 4.74 Å². The number of ether oxygens (including phenoxy) is 1. The predicted octanol–water partition coefficient (Wildman–Crippen LogP) is 2.81. The van der Waals surface area contributed by atoms with E-state index in [9.17, 15) is 4.79 Å². The van der Waals surface area contributed by atoms with Crippen LogP contribution in [0.25, 0.3) is 0 Å². The van der Waals surface area contributed by atoms with Gasteiger partial charge in [-0.1, -0.05) is 50.1 Å². The first kappa shape index (κ1) is 9.21. The fourth-order valence-corrected chi connectivity index (χ4v) is 2.22. The minimum atomic E-state index is -0.303. The first-order valence-electron chi connectivity index (χ1n) is 3.79. The van der Waals surface area contributed by atoms with Gasteiger partial charge in [0.05, 0.1) is 4.83 Å². The maximum atomic E-state index is 11.3. The number of para-hydroxylation sites is 1. The van der Waals surface area contributed by atoms with Crippen molar-refractivity contribution in [2.24, 2.45) is 0 Å². The standard InChI is InChI=1S/C9H6Br2O2/c10-7-5-3-1-2-4-6(5)13-9(12)8(7)11/h1-4,7-8H/t7-,8+/m0/s1. The Balaban J connectivity index is 2.49. The van der Waals surface area contributed by atoms with E-state index < -0.39 is 0 Å². The quantitative estimate of drug-likeness (QED) is 0.418. The lowest BCUT2D eigenvalue weighted by molar-refractivity contribution is -0.134. The van der Waals surface area contributed by atoms with Crippen molar-refractivity contribution in [2.75, 3.05) is 0 Å². The number of benzene rings is 1. The number of alkyl halides is 2. The molecule has 0 fully saturated rings. The van der Waals surface area contributed by atoms with Gasteiger partial charge in [-0.05, 0) is 6.07 Å². The number of esters is 1. The van der Waals surface area contributed by atoms with Crippen molar-refractivity contribution in [3.05, 3.63) is 29.8 Å². The summed E-state index contributed by atoms with van der Waals surface area (Å²) in [5, 5.41) is 0. The number of hydrogen-bond donors (Lipinski definition) is 0. The number of carbonyl (C=O) groups excluding carboxylic acids is 1. The minimum Gasteiger partial charge on any atom is -0.425 e. The molecular formula is C9H6Br2O2. The number of carbonyl (C=O) groups is 1. The largest absolute Gasteiger partial charge is 0.425 e. The van der Waals surface area contributed by atoms with E-state index >= 15 is 0 Å². The molecule has 0 radical (unpaired) electrons. The topological polar surface area (TPSA) is 26.3 Å². The summed E-state index contributed by atoms with van der Waals surface area (Å²) >= 11 is 6.71. The van der Waals surface area contributed by atoms with Gasteiger partial charge in [0, 0.05) is 5.56 Å². The van der Waals surface area contributed by atoms with Crippen LogP contribution in [-0.4, -0.2) is 10.8 Å². The summed E-state index contributed by atoms with van der Waals surface area (Å²) in [7, 11) is 0. The molecule has 1 aliphatic rings. The Morgan fingerprint density at radius 2 is 1.85 bits per heavy atom. The van der Waals surface area contributed by atoms with Crippen LogP contribution in [-0.2, 0) is 4.79 Å². The number of fused-ring (bicyclic) bond motifs is 1. The van der Waals surface area contributed by atoms with Crippen LogP contribution in [0.1, 0.15) is 10.4 Å². The zero-order chi connectivity index (χ0) is 9.42. The summed E-state index contributed by atoms with van der Waals surface area (Å²) in [5.74, 6) is 0.394. The summed E-state index contributed by atoms with van der Waals surface area (Å²) in [5.41, 5.74) is 1.00. The minimum absolute atomic E-state index is 0.00931. The van der Waals surface area contributed by atoms with Crippen molar-refractivity contribution < 1.29 is 9.53 Å². The molecule has 2 nitrogen and oxygen atoms in total. The Hall–Kier alpha value is -0.350. The van der Waals surface area contributed by atoms with Crippen molar-refractivity contribution in [3.8, 4) is 5.75 Å². The zero-order valence-electron chi connectivity index (χ0n) is 6.54. The first-order chi connectivity index (χ1) is 6.20. The number of halogens is 2. The Kier molecular flexibility index (Phi) is 2.43. The second-order valence-corrected chi connectivity index (χ2v) is 4.74. The highest BCUT2D eigenvalue weighted by atomic mass is 79.9. The monoisotopic (exact) mass is 304 g/mol. The van der Waals surface area contributed by atoms with E-state index in [2.05, 4.69) is 31.9 Å². The second kappa shape index (κ2) is 3.42. The molecule has 0 bridgehead atoms. The molecule has 1 aromatic rings. The average Bonchev–Trinajstić information content (AvgIpc) is 2.15. The van der Waals surface area contributed by atoms with Crippen LogP contribution in [0.4, 0.5) is 0 Å². The van der Waals surface area contributed by atoms with Gasteiger partial charge in [-0.25, -0.2) is 0 Å². The molecule has 0 aliphatic carbocycles. The van der Waals surface area contributed by atoms with E-state index in [0.29, 0.717) is 5.75 Å². The molecule has 2 rings (SSSR count). The van der Waals surface area contributed by atoms with E-state index in [0.717, 1.165) is 5.56 Å². The summed E-state index contributed by atoms with van der Waals surface area (Å²) in [4.78, 5) is 11.0. The van der Waals surface area contributed by atoms with Crippen LogP contribution in [0.5, 0.6) is 5.75 Å². The van der Waals surface area contributed by atoms with E-state index in [4.69, 9.17) is 4.74 Å². The van der Waals surface area contributed by atoms with E-state index in [-0.39, 0.29) is 15.6 Å². The number of rotatable bonds is 0. The van der Waals surface area contributed by atoms with Gasteiger partial charge in [-0.15, -0.1) is 0 Å². The highest BCUT2D eigenvalue weighted by Gasteiger charge is 2.33. The van der Waals surface area contributed by atoms with Gasteiger partial charge in [0.2, 0.25) is 0 Å². The van der Waals surface area contributed by atoms with Crippen molar-refractivity contribution in [1.82, 2.24) is 0 Å². The lowest BCUT2D eigenvalue weighted by Crippen LogP contribution is -2.29.